The molecule has 4 heteroatoms. The summed E-state index contributed by atoms with van der Waals surface area (Å²) in [5.41, 5.74) is -0.350. The van der Waals surface area contributed by atoms with Gasteiger partial charge in [0.25, 0.3) is 0 Å². The molecule has 0 bridgehead atoms. The Balaban J connectivity index is 1.85. The summed E-state index contributed by atoms with van der Waals surface area (Å²) >= 11 is 0. The van der Waals surface area contributed by atoms with Crippen molar-refractivity contribution in [2.24, 2.45) is 0 Å². The molecule has 2 aliphatic rings. The van der Waals surface area contributed by atoms with Crippen LogP contribution in [0.2, 0.25) is 0 Å². The first kappa shape index (κ1) is 10.9. The summed E-state index contributed by atoms with van der Waals surface area (Å²) in [6, 6.07) is 0.213. The Morgan fingerprint density at radius 1 is 1.53 bits per heavy atom. The van der Waals surface area contributed by atoms with E-state index in [2.05, 4.69) is 10.6 Å². The molecule has 2 fully saturated rings. The maximum atomic E-state index is 12.0. The molecule has 2 saturated heterocycles. The van der Waals surface area contributed by atoms with Crippen LogP contribution in [-0.2, 0) is 9.53 Å². The molecule has 2 N–H and O–H groups in total. The van der Waals surface area contributed by atoms with Gasteiger partial charge in [0.1, 0.15) is 0 Å². The number of nitrogens with one attached hydrogen (secondary N) is 2. The maximum Gasteiger partial charge on any atom is 0.240 e. The van der Waals surface area contributed by atoms with Crippen LogP contribution in [0.5, 0.6) is 0 Å². The highest BCUT2D eigenvalue weighted by Gasteiger charge is 2.36. The van der Waals surface area contributed by atoms with E-state index in [4.69, 9.17) is 4.74 Å². The Morgan fingerprint density at radius 3 is 3.00 bits per heavy atom. The highest BCUT2D eigenvalue weighted by atomic mass is 16.5. The lowest BCUT2D eigenvalue weighted by molar-refractivity contribution is -0.128. The quantitative estimate of drug-likeness (QED) is 0.697. The van der Waals surface area contributed by atoms with E-state index in [1.54, 1.807) is 0 Å². The number of carbonyl (C=O) groups is 1. The summed E-state index contributed by atoms with van der Waals surface area (Å²) < 4.78 is 5.34. The van der Waals surface area contributed by atoms with Gasteiger partial charge in [-0.2, -0.15) is 0 Å². The predicted molar refractivity (Wildman–Crippen MR) is 57.6 cm³/mol. The molecule has 0 saturated carbocycles. The molecule has 2 heterocycles. The number of hydrogen-bond donors (Lipinski definition) is 2. The van der Waals surface area contributed by atoms with Crippen molar-refractivity contribution in [2.75, 3.05) is 19.8 Å². The van der Waals surface area contributed by atoms with Crippen LogP contribution in [0, 0.1) is 0 Å². The number of hydrogen-bond acceptors (Lipinski definition) is 3. The van der Waals surface area contributed by atoms with Gasteiger partial charge in [-0.3, -0.25) is 4.79 Å². The lowest BCUT2D eigenvalue weighted by Crippen LogP contribution is -2.55. The predicted octanol–water partition coefficient (Wildman–Crippen LogP) is 0.424. The number of amides is 1. The van der Waals surface area contributed by atoms with Crippen LogP contribution in [0.25, 0.3) is 0 Å². The summed E-state index contributed by atoms with van der Waals surface area (Å²) in [5.74, 6) is 0.135. The Labute approximate surface area is 90.8 Å². The van der Waals surface area contributed by atoms with E-state index < -0.39 is 0 Å². The Kier molecular flexibility index (Phi) is 3.26. The van der Waals surface area contributed by atoms with Crippen molar-refractivity contribution in [3.63, 3.8) is 0 Å². The normalized spacial score (nSPS) is 36.5. The second-order valence-electron chi connectivity index (χ2n) is 4.75. The molecule has 2 unspecified atom stereocenters. The average molecular weight is 212 g/mol. The van der Waals surface area contributed by atoms with Crippen LogP contribution < -0.4 is 10.6 Å². The van der Waals surface area contributed by atoms with Gasteiger partial charge in [0, 0.05) is 6.61 Å². The van der Waals surface area contributed by atoms with Crippen molar-refractivity contribution in [2.45, 2.75) is 44.2 Å². The van der Waals surface area contributed by atoms with E-state index in [1.807, 2.05) is 6.92 Å². The monoisotopic (exact) mass is 212 g/mol. The zero-order chi connectivity index (χ0) is 10.7. The average Bonchev–Trinajstić information content (AvgIpc) is 2.68. The molecular formula is C11H20N2O2. The minimum Gasteiger partial charge on any atom is -0.379 e. The third-order valence-electron chi connectivity index (χ3n) is 3.37. The zero-order valence-electron chi connectivity index (χ0n) is 9.34. The van der Waals surface area contributed by atoms with Crippen molar-refractivity contribution in [1.29, 1.82) is 0 Å². The molecule has 0 aromatic rings. The molecule has 2 atom stereocenters. The van der Waals surface area contributed by atoms with Crippen LogP contribution in [0.15, 0.2) is 0 Å². The Morgan fingerprint density at radius 2 is 2.40 bits per heavy atom. The van der Waals surface area contributed by atoms with Gasteiger partial charge in [-0.05, 0) is 39.2 Å². The zero-order valence-corrected chi connectivity index (χ0v) is 9.34. The molecule has 86 valence electrons. The topological polar surface area (TPSA) is 50.4 Å². The molecule has 2 aliphatic heterocycles. The molecular weight excluding hydrogens is 192 g/mol. The highest BCUT2D eigenvalue weighted by Crippen LogP contribution is 2.19. The van der Waals surface area contributed by atoms with Gasteiger partial charge in [0.05, 0.1) is 18.2 Å². The van der Waals surface area contributed by atoms with E-state index in [0.717, 1.165) is 38.8 Å². The smallest absolute Gasteiger partial charge is 0.240 e. The third kappa shape index (κ3) is 2.49. The molecule has 0 aromatic heterocycles. The summed E-state index contributed by atoms with van der Waals surface area (Å²) in [7, 11) is 0. The minimum absolute atomic E-state index is 0.135. The van der Waals surface area contributed by atoms with Crippen LogP contribution >= 0.6 is 0 Å². The minimum atomic E-state index is -0.350. The summed E-state index contributed by atoms with van der Waals surface area (Å²) in [4.78, 5) is 12.0. The van der Waals surface area contributed by atoms with E-state index >= 15 is 0 Å². The number of rotatable bonds is 2. The van der Waals surface area contributed by atoms with E-state index in [1.165, 1.54) is 0 Å². The standard InChI is InChI=1S/C11H20N2O2/c1-11(5-3-6-12-11)10(14)13-9-4-2-7-15-8-9/h9,12H,2-8H2,1H3,(H,13,14). The van der Waals surface area contributed by atoms with Gasteiger partial charge in [0.15, 0.2) is 0 Å². The molecule has 4 nitrogen and oxygen atoms in total. The van der Waals surface area contributed by atoms with Crippen LogP contribution in [0.4, 0.5) is 0 Å². The van der Waals surface area contributed by atoms with Crippen molar-refractivity contribution in [3.05, 3.63) is 0 Å². The third-order valence-corrected chi connectivity index (χ3v) is 3.37. The van der Waals surface area contributed by atoms with Gasteiger partial charge < -0.3 is 15.4 Å². The Hall–Kier alpha value is -0.610. The lowest BCUT2D eigenvalue weighted by Gasteiger charge is -2.29. The summed E-state index contributed by atoms with van der Waals surface area (Å²) in [5, 5.41) is 6.34. The second-order valence-corrected chi connectivity index (χ2v) is 4.75. The molecule has 15 heavy (non-hydrogen) atoms. The van der Waals surface area contributed by atoms with Crippen molar-refractivity contribution in [3.8, 4) is 0 Å². The van der Waals surface area contributed by atoms with Gasteiger partial charge in [-0.1, -0.05) is 0 Å². The van der Waals surface area contributed by atoms with Crippen LogP contribution in [0.1, 0.15) is 32.6 Å². The van der Waals surface area contributed by atoms with E-state index in [-0.39, 0.29) is 17.5 Å². The molecule has 0 radical (unpaired) electrons. The van der Waals surface area contributed by atoms with Gasteiger partial charge >= 0.3 is 0 Å². The lowest BCUT2D eigenvalue weighted by atomic mass is 9.98. The molecule has 0 aromatic carbocycles. The van der Waals surface area contributed by atoms with Gasteiger partial charge in [-0.15, -0.1) is 0 Å². The number of ether oxygens (including phenoxy) is 1. The summed E-state index contributed by atoms with van der Waals surface area (Å²) in [6.45, 7) is 4.44. The van der Waals surface area contributed by atoms with Crippen molar-refractivity contribution >= 4 is 5.91 Å². The fourth-order valence-corrected chi connectivity index (χ4v) is 2.29. The molecule has 0 spiro atoms. The first-order chi connectivity index (χ1) is 7.21. The second kappa shape index (κ2) is 4.49. The molecule has 0 aliphatic carbocycles. The number of carbonyl (C=O) groups excluding carboxylic acids is 1. The van der Waals surface area contributed by atoms with Crippen molar-refractivity contribution in [1.82, 2.24) is 10.6 Å². The largest absolute Gasteiger partial charge is 0.379 e. The first-order valence-electron chi connectivity index (χ1n) is 5.84. The fourth-order valence-electron chi connectivity index (χ4n) is 2.29. The van der Waals surface area contributed by atoms with E-state index in [0.29, 0.717) is 6.61 Å². The molecule has 2 rings (SSSR count). The van der Waals surface area contributed by atoms with E-state index in [9.17, 15) is 4.79 Å². The van der Waals surface area contributed by atoms with Gasteiger partial charge in [0.2, 0.25) is 5.91 Å². The maximum absolute atomic E-state index is 12.0. The SMILES string of the molecule is CC1(C(=O)NC2CCCOC2)CCCN1. The summed E-state index contributed by atoms with van der Waals surface area (Å²) in [6.07, 6.45) is 4.12. The molecule has 1 amide bonds. The first-order valence-corrected chi connectivity index (χ1v) is 5.84. The fraction of sp³-hybridized carbons (Fsp3) is 0.909. The Bertz CT molecular complexity index is 231. The van der Waals surface area contributed by atoms with Crippen LogP contribution in [0.3, 0.4) is 0 Å². The van der Waals surface area contributed by atoms with Crippen molar-refractivity contribution < 1.29 is 9.53 Å². The van der Waals surface area contributed by atoms with Gasteiger partial charge in [-0.25, -0.2) is 0 Å². The van der Waals surface area contributed by atoms with Crippen LogP contribution in [-0.4, -0.2) is 37.2 Å². The highest BCUT2D eigenvalue weighted by molar-refractivity contribution is 5.86.